The molecule has 0 aliphatic carbocycles. The molecule has 2 aromatic rings. The first kappa shape index (κ1) is 21.6. The Morgan fingerprint density at radius 3 is 2.42 bits per heavy atom. The molecule has 0 saturated carbocycles. The first-order chi connectivity index (χ1) is 14.9. The molecule has 162 valence electrons. The van der Waals surface area contributed by atoms with E-state index >= 15 is 0 Å². The molecule has 1 atom stereocenters. The number of likely N-dealkylation sites (tertiary alicyclic amines) is 1. The number of rotatable bonds is 4. The van der Waals surface area contributed by atoms with E-state index in [0.717, 1.165) is 21.4 Å². The van der Waals surface area contributed by atoms with Gasteiger partial charge in [0.25, 0.3) is 0 Å². The van der Waals surface area contributed by atoms with Gasteiger partial charge in [-0.2, -0.15) is 0 Å². The van der Waals surface area contributed by atoms with E-state index in [9.17, 15) is 14.4 Å². The Hall–Kier alpha value is -2.67. The van der Waals surface area contributed by atoms with E-state index in [1.165, 1.54) is 0 Å². The molecule has 2 aromatic carbocycles. The second-order valence-corrected chi connectivity index (χ2v) is 9.26. The van der Waals surface area contributed by atoms with E-state index in [1.807, 2.05) is 60.4 Å². The molecule has 6 nitrogen and oxygen atoms in total. The Labute approximate surface area is 190 Å². The number of halogens is 1. The SMILES string of the molecule is Cc1ccc(N2C[C@H](C(=O)N3CCC(C(=O)Nc4cccc(Br)c4)CC3)CC2=O)cc1. The number of carbonyl (C=O) groups is 3. The van der Waals surface area contributed by atoms with Crippen molar-refractivity contribution in [2.75, 3.05) is 29.9 Å². The fourth-order valence-corrected chi connectivity index (χ4v) is 4.68. The van der Waals surface area contributed by atoms with E-state index in [0.29, 0.717) is 32.5 Å². The Morgan fingerprint density at radius 2 is 1.74 bits per heavy atom. The van der Waals surface area contributed by atoms with Crippen LogP contribution in [-0.2, 0) is 14.4 Å². The summed E-state index contributed by atoms with van der Waals surface area (Å²) >= 11 is 3.41. The number of hydrogen-bond donors (Lipinski definition) is 1. The number of aryl methyl sites for hydroxylation is 1. The molecule has 0 radical (unpaired) electrons. The predicted molar refractivity (Wildman–Crippen MR) is 124 cm³/mol. The summed E-state index contributed by atoms with van der Waals surface area (Å²) in [4.78, 5) is 41.6. The van der Waals surface area contributed by atoms with Crippen LogP contribution in [-0.4, -0.2) is 42.3 Å². The van der Waals surface area contributed by atoms with Gasteiger partial charge in [-0.05, 0) is 50.1 Å². The van der Waals surface area contributed by atoms with Gasteiger partial charge in [-0.15, -0.1) is 0 Å². The third kappa shape index (κ3) is 4.98. The summed E-state index contributed by atoms with van der Waals surface area (Å²) in [6.07, 6.45) is 1.51. The second-order valence-electron chi connectivity index (χ2n) is 8.34. The van der Waals surface area contributed by atoms with Crippen LogP contribution in [0.4, 0.5) is 11.4 Å². The number of amides is 3. The van der Waals surface area contributed by atoms with Gasteiger partial charge < -0.3 is 15.1 Å². The molecule has 7 heteroatoms. The van der Waals surface area contributed by atoms with Crippen molar-refractivity contribution in [3.05, 3.63) is 58.6 Å². The minimum Gasteiger partial charge on any atom is -0.342 e. The Kier molecular flexibility index (Phi) is 6.41. The molecule has 0 aromatic heterocycles. The van der Waals surface area contributed by atoms with Crippen molar-refractivity contribution in [1.29, 1.82) is 0 Å². The van der Waals surface area contributed by atoms with Crippen molar-refractivity contribution in [3.63, 3.8) is 0 Å². The van der Waals surface area contributed by atoms with Crippen LogP contribution in [0.2, 0.25) is 0 Å². The van der Waals surface area contributed by atoms with Gasteiger partial charge in [0, 0.05) is 47.8 Å². The average molecular weight is 484 g/mol. The van der Waals surface area contributed by atoms with Crippen LogP contribution in [0.25, 0.3) is 0 Å². The van der Waals surface area contributed by atoms with Gasteiger partial charge in [-0.25, -0.2) is 0 Å². The van der Waals surface area contributed by atoms with Crippen molar-refractivity contribution in [3.8, 4) is 0 Å². The number of hydrogen-bond acceptors (Lipinski definition) is 3. The van der Waals surface area contributed by atoms with Crippen LogP contribution in [0.1, 0.15) is 24.8 Å². The minimum absolute atomic E-state index is 0.00760. The van der Waals surface area contributed by atoms with Gasteiger partial charge in [0.05, 0.1) is 5.92 Å². The molecule has 3 amide bonds. The molecule has 2 fully saturated rings. The summed E-state index contributed by atoms with van der Waals surface area (Å²) in [6.45, 7) is 3.52. The molecule has 1 N–H and O–H groups in total. The highest BCUT2D eigenvalue weighted by atomic mass is 79.9. The van der Waals surface area contributed by atoms with Crippen LogP contribution in [0.15, 0.2) is 53.0 Å². The maximum absolute atomic E-state index is 13.0. The number of nitrogens with zero attached hydrogens (tertiary/aromatic N) is 2. The zero-order chi connectivity index (χ0) is 22.0. The van der Waals surface area contributed by atoms with Crippen molar-refractivity contribution < 1.29 is 14.4 Å². The van der Waals surface area contributed by atoms with Gasteiger partial charge in [0.2, 0.25) is 17.7 Å². The van der Waals surface area contributed by atoms with Crippen molar-refractivity contribution >= 4 is 45.0 Å². The van der Waals surface area contributed by atoms with E-state index in [-0.39, 0.29) is 36.0 Å². The topological polar surface area (TPSA) is 69.7 Å². The lowest BCUT2D eigenvalue weighted by Gasteiger charge is -2.33. The van der Waals surface area contributed by atoms with E-state index in [4.69, 9.17) is 0 Å². The van der Waals surface area contributed by atoms with Gasteiger partial charge in [-0.3, -0.25) is 14.4 Å². The summed E-state index contributed by atoms with van der Waals surface area (Å²) < 4.78 is 0.913. The summed E-state index contributed by atoms with van der Waals surface area (Å²) in [7, 11) is 0. The van der Waals surface area contributed by atoms with Gasteiger partial charge in [0.1, 0.15) is 0 Å². The highest BCUT2D eigenvalue weighted by Crippen LogP contribution is 2.28. The third-order valence-corrected chi connectivity index (χ3v) is 6.58. The predicted octanol–water partition coefficient (Wildman–Crippen LogP) is 3.99. The maximum Gasteiger partial charge on any atom is 0.228 e. The molecule has 31 heavy (non-hydrogen) atoms. The summed E-state index contributed by atoms with van der Waals surface area (Å²) in [5, 5.41) is 2.96. The fraction of sp³-hybridized carbons (Fsp3) is 0.375. The number of anilines is 2. The van der Waals surface area contributed by atoms with E-state index in [2.05, 4.69) is 21.2 Å². The molecule has 0 spiro atoms. The second kappa shape index (κ2) is 9.22. The van der Waals surface area contributed by atoms with Crippen LogP contribution in [0.5, 0.6) is 0 Å². The summed E-state index contributed by atoms with van der Waals surface area (Å²) in [5.41, 5.74) is 2.74. The molecule has 4 rings (SSSR count). The largest absolute Gasteiger partial charge is 0.342 e. The molecule has 2 aliphatic heterocycles. The van der Waals surface area contributed by atoms with Gasteiger partial charge >= 0.3 is 0 Å². The quantitative estimate of drug-likeness (QED) is 0.714. The van der Waals surface area contributed by atoms with Crippen LogP contribution in [0, 0.1) is 18.8 Å². The molecule has 0 bridgehead atoms. The maximum atomic E-state index is 13.0. The zero-order valence-corrected chi connectivity index (χ0v) is 19.1. The highest BCUT2D eigenvalue weighted by Gasteiger charge is 2.38. The van der Waals surface area contributed by atoms with Crippen LogP contribution in [0.3, 0.4) is 0 Å². The van der Waals surface area contributed by atoms with Crippen molar-refractivity contribution in [1.82, 2.24) is 4.90 Å². The number of benzene rings is 2. The monoisotopic (exact) mass is 483 g/mol. The first-order valence-electron chi connectivity index (χ1n) is 10.6. The minimum atomic E-state index is -0.319. The normalized spacial score (nSPS) is 19.5. The molecular formula is C24H26BrN3O3. The first-order valence-corrected chi connectivity index (χ1v) is 11.4. The van der Waals surface area contributed by atoms with Gasteiger partial charge in [0.15, 0.2) is 0 Å². The zero-order valence-electron chi connectivity index (χ0n) is 17.5. The molecule has 0 unspecified atom stereocenters. The number of piperidine rings is 1. The molecule has 2 saturated heterocycles. The lowest BCUT2D eigenvalue weighted by molar-refractivity contribution is -0.138. The summed E-state index contributed by atoms with van der Waals surface area (Å²) in [5.74, 6) is -0.427. The standard InChI is InChI=1S/C24H26BrN3O3/c1-16-5-7-21(8-6-16)28-15-18(13-22(28)29)24(31)27-11-9-17(10-12-27)23(30)26-20-4-2-3-19(25)14-20/h2-8,14,17-18H,9-13,15H2,1H3,(H,26,30)/t18-/m1/s1. The van der Waals surface area contributed by atoms with Crippen molar-refractivity contribution in [2.45, 2.75) is 26.2 Å². The highest BCUT2D eigenvalue weighted by molar-refractivity contribution is 9.10. The molecule has 2 heterocycles. The molecular weight excluding hydrogens is 458 g/mol. The number of carbonyl (C=O) groups excluding carboxylic acids is 3. The van der Waals surface area contributed by atoms with Gasteiger partial charge in [-0.1, -0.05) is 39.7 Å². The summed E-state index contributed by atoms with van der Waals surface area (Å²) in [6, 6.07) is 15.3. The Bertz CT molecular complexity index is 984. The lowest BCUT2D eigenvalue weighted by Crippen LogP contribution is -2.44. The van der Waals surface area contributed by atoms with Crippen LogP contribution < -0.4 is 10.2 Å². The average Bonchev–Trinajstić information content (AvgIpc) is 3.15. The Balaban J connectivity index is 1.30. The van der Waals surface area contributed by atoms with Crippen LogP contribution >= 0.6 is 15.9 Å². The van der Waals surface area contributed by atoms with E-state index < -0.39 is 0 Å². The number of nitrogens with one attached hydrogen (secondary N) is 1. The van der Waals surface area contributed by atoms with Crippen molar-refractivity contribution in [2.24, 2.45) is 11.8 Å². The third-order valence-electron chi connectivity index (χ3n) is 6.09. The molecule has 2 aliphatic rings. The fourth-order valence-electron chi connectivity index (χ4n) is 4.28. The lowest BCUT2D eigenvalue weighted by atomic mass is 9.94. The van der Waals surface area contributed by atoms with E-state index in [1.54, 1.807) is 4.90 Å². The Morgan fingerprint density at radius 1 is 1.03 bits per heavy atom. The smallest absolute Gasteiger partial charge is 0.228 e.